The Hall–Kier alpha value is -2.18. The lowest BCUT2D eigenvalue weighted by Gasteiger charge is -2.10. The molecule has 1 aliphatic rings. The van der Waals surface area contributed by atoms with Crippen LogP contribution >= 0.6 is 0 Å². The molecule has 1 fully saturated rings. The lowest BCUT2D eigenvalue weighted by molar-refractivity contribution is -0.116. The van der Waals surface area contributed by atoms with E-state index >= 15 is 0 Å². The van der Waals surface area contributed by atoms with Crippen molar-refractivity contribution in [3.63, 3.8) is 0 Å². The highest BCUT2D eigenvalue weighted by Gasteiger charge is 2.29. The molecule has 2 heterocycles. The molecule has 0 atom stereocenters. The van der Waals surface area contributed by atoms with E-state index in [-0.39, 0.29) is 5.91 Å². The van der Waals surface area contributed by atoms with Gasteiger partial charge < -0.3 is 9.09 Å². The summed E-state index contributed by atoms with van der Waals surface area (Å²) in [7, 11) is 0. The number of hydrogen-bond acceptors (Lipinski definition) is 5. The lowest BCUT2D eigenvalue weighted by atomic mass is 10.1. The van der Waals surface area contributed by atoms with Crippen LogP contribution in [-0.4, -0.2) is 25.8 Å². The molecule has 136 valence electrons. The third-order valence-corrected chi connectivity index (χ3v) is 4.68. The SMILES string of the molecule is Cc1noc(NC(=O)CCc2nnc(CCC(C)C)n2C2CC2)c1C. The highest BCUT2D eigenvalue weighted by Crippen LogP contribution is 2.37. The molecule has 3 rings (SSSR count). The van der Waals surface area contributed by atoms with Gasteiger partial charge in [-0.05, 0) is 39.0 Å². The summed E-state index contributed by atoms with van der Waals surface area (Å²) in [6, 6.07) is 0.523. The molecule has 0 aromatic carbocycles. The number of nitrogens with one attached hydrogen (secondary N) is 1. The van der Waals surface area contributed by atoms with Crippen LogP contribution in [0, 0.1) is 19.8 Å². The molecule has 1 N–H and O–H groups in total. The fraction of sp³-hybridized carbons (Fsp3) is 0.667. The minimum atomic E-state index is -0.0895. The molecule has 0 unspecified atom stereocenters. The Morgan fingerprint density at radius 1 is 1.24 bits per heavy atom. The third-order valence-electron chi connectivity index (χ3n) is 4.68. The number of hydrogen-bond donors (Lipinski definition) is 1. The first kappa shape index (κ1) is 17.6. The normalized spacial score (nSPS) is 14.3. The number of anilines is 1. The zero-order chi connectivity index (χ0) is 18.0. The molecule has 0 radical (unpaired) electrons. The number of carbonyl (C=O) groups excluding carboxylic acids is 1. The van der Waals surface area contributed by atoms with Gasteiger partial charge in [0.1, 0.15) is 11.6 Å². The smallest absolute Gasteiger partial charge is 0.234 e. The molecule has 7 heteroatoms. The van der Waals surface area contributed by atoms with E-state index in [1.807, 2.05) is 13.8 Å². The quantitative estimate of drug-likeness (QED) is 0.792. The Morgan fingerprint density at radius 2 is 1.92 bits per heavy atom. The van der Waals surface area contributed by atoms with E-state index < -0.39 is 0 Å². The first-order valence-electron chi connectivity index (χ1n) is 9.11. The van der Waals surface area contributed by atoms with E-state index in [4.69, 9.17) is 4.52 Å². The van der Waals surface area contributed by atoms with Crippen LogP contribution in [0.2, 0.25) is 0 Å². The highest BCUT2D eigenvalue weighted by molar-refractivity contribution is 5.90. The molecule has 0 aliphatic heterocycles. The van der Waals surface area contributed by atoms with Crippen LogP contribution in [0.25, 0.3) is 0 Å². The summed E-state index contributed by atoms with van der Waals surface area (Å²) in [5.41, 5.74) is 1.66. The summed E-state index contributed by atoms with van der Waals surface area (Å²) in [4.78, 5) is 12.2. The van der Waals surface area contributed by atoms with Gasteiger partial charge in [0.25, 0.3) is 0 Å². The minimum Gasteiger partial charge on any atom is -0.338 e. The second kappa shape index (κ2) is 7.37. The fourth-order valence-corrected chi connectivity index (χ4v) is 2.82. The first-order valence-corrected chi connectivity index (χ1v) is 9.11. The Morgan fingerprint density at radius 3 is 2.48 bits per heavy atom. The summed E-state index contributed by atoms with van der Waals surface area (Å²) in [5, 5.41) is 15.4. The maximum Gasteiger partial charge on any atom is 0.234 e. The monoisotopic (exact) mass is 345 g/mol. The molecule has 1 saturated carbocycles. The predicted octanol–water partition coefficient (Wildman–Crippen LogP) is 3.38. The van der Waals surface area contributed by atoms with Crippen molar-refractivity contribution < 1.29 is 9.32 Å². The molecule has 0 bridgehead atoms. The van der Waals surface area contributed by atoms with Crippen molar-refractivity contribution in [1.29, 1.82) is 0 Å². The number of rotatable bonds is 8. The summed E-state index contributed by atoms with van der Waals surface area (Å²) in [6.45, 7) is 8.17. The standard InChI is InChI=1S/C18H27N5O2/c1-11(2)5-8-15-20-21-16(23(15)14-6-7-14)9-10-17(24)19-18-12(3)13(4)22-25-18/h11,14H,5-10H2,1-4H3,(H,19,24). The van der Waals surface area contributed by atoms with Crippen molar-refractivity contribution in [1.82, 2.24) is 19.9 Å². The number of aryl methyl sites for hydroxylation is 3. The van der Waals surface area contributed by atoms with E-state index in [1.165, 1.54) is 12.8 Å². The molecule has 0 saturated heterocycles. The summed E-state index contributed by atoms with van der Waals surface area (Å²) >= 11 is 0. The van der Waals surface area contributed by atoms with Crippen LogP contribution in [0.15, 0.2) is 4.52 Å². The maximum atomic E-state index is 12.2. The van der Waals surface area contributed by atoms with Gasteiger partial charge in [-0.15, -0.1) is 10.2 Å². The lowest BCUT2D eigenvalue weighted by Crippen LogP contribution is -2.14. The van der Waals surface area contributed by atoms with Crippen LogP contribution in [0.3, 0.4) is 0 Å². The Bertz CT molecular complexity index is 743. The zero-order valence-electron chi connectivity index (χ0n) is 15.5. The van der Waals surface area contributed by atoms with Gasteiger partial charge in [0.05, 0.1) is 5.69 Å². The molecule has 25 heavy (non-hydrogen) atoms. The molecule has 1 aliphatic carbocycles. The van der Waals surface area contributed by atoms with Crippen LogP contribution in [0.1, 0.15) is 68.5 Å². The van der Waals surface area contributed by atoms with E-state index in [2.05, 4.69) is 39.1 Å². The van der Waals surface area contributed by atoms with Gasteiger partial charge in [0, 0.05) is 30.9 Å². The van der Waals surface area contributed by atoms with Crippen LogP contribution < -0.4 is 5.32 Å². The Balaban J connectivity index is 1.61. The van der Waals surface area contributed by atoms with Crippen molar-refractivity contribution in [2.75, 3.05) is 5.32 Å². The zero-order valence-corrected chi connectivity index (χ0v) is 15.5. The van der Waals surface area contributed by atoms with Crippen LogP contribution in [0.4, 0.5) is 5.88 Å². The van der Waals surface area contributed by atoms with Gasteiger partial charge in [-0.2, -0.15) is 0 Å². The summed E-state index contributed by atoms with van der Waals surface area (Å²) in [6.07, 6.45) is 5.36. The van der Waals surface area contributed by atoms with Crippen molar-refractivity contribution in [2.24, 2.45) is 5.92 Å². The van der Waals surface area contributed by atoms with Gasteiger partial charge in [0.15, 0.2) is 0 Å². The van der Waals surface area contributed by atoms with E-state index in [1.54, 1.807) is 0 Å². The topological polar surface area (TPSA) is 85.8 Å². The maximum absolute atomic E-state index is 12.2. The number of amides is 1. The summed E-state index contributed by atoms with van der Waals surface area (Å²) in [5.74, 6) is 2.97. The van der Waals surface area contributed by atoms with Crippen LogP contribution in [-0.2, 0) is 17.6 Å². The van der Waals surface area contributed by atoms with Gasteiger partial charge in [-0.25, -0.2) is 0 Å². The number of nitrogens with zero attached hydrogens (tertiary/aromatic N) is 4. The molecule has 1 amide bonds. The number of carbonyl (C=O) groups is 1. The second-order valence-electron chi connectivity index (χ2n) is 7.34. The molecule has 2 aromatic rings. The van der Waals surface area contributed by atoms with Crippen molar-refractivity contribution in [2.45, 2.75) is 72.3 Å². The Kier molecular flexibility index (Phi) is 5.20. The molecular weight excluding hydrogens is 318 g/mol. The van der Waals surface area contributed by atoms with E-state index in [9.17, 15) is 4.79 Å². The Labute approximate surface area is 148 Å². The van der Waals surface area contributed by atoms with Crippen LogP contribution in [0.5, 0.6) is 0 Å². The van der Waals surface area contributed by atoms with Gasteiger partial charge in [-0.1, -0.05) is 19.0 Å². The molecule has 0 spiro atoms. The average Bonchev–Trinajstić information content (AvgIpc) is 3.26. The largest absolute Gasteiger partial charge is 0.338 e. The molecule has 2 aromatic heterocycles. The second-order valence-corrected chi connectivity index (χ2v) is 7.34. The van der Waals surface area contributed by atoms with Gasteiger partial charge >= 0.3 is 0 Å². The van der Waals surface area contributed by atoms with E-state index in [0.29, 0.717) is 30.7 Å². The van der Waals surface area contributed by atoms with Gasteiger partial charge in [0.2, 0.25) is 11.8 Å². The molecular formula is C18H27N5O2. The minimum absolute atomic E-state index is 0.0895. The number of aromatic nitrogens is 4. The summed E-state index contributed by atoms with van der Waals surface area (Å²) < 4.78 is 7.40. The highest BCUT2D eigenvalue weighted by atomic mass is 16.5. The fourth-order valence-electron chi connectivity index (χ4n) is 2.82. The molecule has 7 nitrogen and oxygen atoms in total. The third kappa shape index (κ3) is 4.27. The van der Waals surface area contributed by atoms with Gasteiger partial charge in [-0.3, -0.25) is 10.1 Å². The van der Waals surface area contributed by atoms with Crippen molar-refractivity contribution in [3.05, 3.63) is 22.9 Å². The average molecular weight is 345 g/mol. The van der Waals surface area contributed by atoms with Crippen molar-refractivity contribution in [3.8, 4) is 0 Å². The first-order chi connectivity index (χ1) is 12.0. The predicted molar refractivity (Wildman–Crippen MR) is 94.4 cm³/mol. The van der Waals surface area contributed by atoms with Crippen molar-refractivity contribution >= 4 is 11.8 Å². The van der Waals surface area contributed by atoms with E-state index in [0.717, 1.165) is 35.7 Å².